The summed E-state index contributed by atoms with van der Waals surface area (Å²) in [5, 5.41) is 6.15. The number of nitrogens with zero attached hydrogens (tertiary/aromatic N) is 1. The van der Waals surface area contributed by atoms with E-state index in [1.807, 2.05) is 7.05 Å². The molecule has 2 N–H and O–H groups in total. The fourth-order valence-electron chi connectivity index (χ4n) is 7.76. The second-order valence-corrected chi connectivity index (χ2v) is 10.3. The lowest BCUT2D eigenvalue weighted by molar-refractivity contribution is -0.157. The van der Waals surface area contributed by atoms with Gasteiger partial charge >= 0.3 is 6.03 Å². The molecule has 2 unspecified atom stereocenters. The molecule has 4 rings (SSSR count). The zero-order valence-electron chi connectivity index (χ0n) is 17.8. The smallest absolute Gasteiger partial charge is 0.315 e. The van der Waals surface area contributed by atoms with Crippen LogP contribution in [0.25, 0.3) is 0 Å². The van der Waals surface area contributed by atoms with E-state index < -0.39 is 0 Å². The molecule has 3 amide bonds. The summed E-state index contributed by atoms with van der Waals surface area (Å²) in [7, 11) is 2.02. The quantitative estimate of drug-likeness (QED) is 0.725. The van der Waals surface area contributed by atoms with Crippen LogP contribution >= 0.6 is 0 Å². The summed E-state index contributed by atoms with van der Waals surface area (Å²) in [6.45, 7) is 9.07. The first-order valence-electron chi connectivity index (χ1n) is 11.2. The molecule has 4 fully saturated rings. The molecule has 0 bridgehead atoms. The second kappa shape index (κ2) is 7.07. The number of carbonyl (C=O) groups excluding carboxylic acids is 2. The molecule has 0 aromatic rings. The predicted octanol–water partition coefficient (Wildman–Crippen LogP) is 3.70. The number of piperidine rings is 1. The van der Waals surface area contributed by atoms with Gasteiger partial charge in [0.1, 0.15) is 0 Å². The predicted molar refractivity (Wildman–Crippen MR) is 111 cm³/mol. The van der Waals surface area contributed by atoms with Crippen molar-refractivity contribution < 1.29 is 9.59 Å². The van der Waals surface area contributed by atoms with Crippen molar-refractivity contribution in [2.75, 3.05) is 13.6 Å². The molecule has 1 heterocycles. The van der Waals surface area contributed by atoms with Gasteiger partial charge in [0.2, 0.25) is 5.91 Å². The third-order valence-corrected chi connectivity index (χ3v) is 9.27. The molecule has 3 saturated carbocycles. The van der Waals surface area contributed by atoms with Crippen LogP contribution in [0.4, 0.5) is 4.79 Å². The molecular formula is C23H37N3O2. The van der Waals surface area contributed by atoms with Gasteiger partial charge in [-0.15, -0.1) is 6.58 Å². The topological polar surface area (TPSA) is 61.4 Å². The third-order valence-electron chi connectivity index (χ3n) is 9.27. The lowest BCUT2D eigenvalue weighted by Crippen LogP contribution is -2.62. The van der Waals surface area contributed by atoms with E-state index in [2.05, 4.69) is 36.0 Å². The Morgan fingerprint density at radius 1 is 1.14 bits per heavy atom. The lowest BCUT2D eigenvalue weighted by atomic mass is 9.47. The van der Waals surface area contributed by atoms with Gasteiger partial charge < -0.3 is 15.5 Å². The van der Waals surface area contributed by atoms with Crippen molar-refractivity contribution in [2.24, 2.45) is 28.6 Å². The Morgan fingerprint density at radius 2 is 1.89 bits per heavy atom. The van der Waals surface area contributed by atoms with Crippen LogP contribution in [0.1, 0.15) is 65.2 Å². The fourth-order valence-corrected chi connectivity index (χ4v) is 7.76. The van der Waals surface area contributed by atoms with Gasteiger partial charge in [0, 0.05) is 32.1 Å². The molecule has 0 aromatic heterocycles. The molecular weight excluding hydrogens is 350 g/mol. The summed E-state index contributed by atoms with van der Waals surface area (Å²) < 4.78 is 0. The Balaban J connectivity index is 1.51. The zero-order chi connectivity index (χ0) is 20.1. The molecule has 28 heavy (non-hydrogen) atoms. The minimum atomic E-state index is -0.0583. The first kappa shape index (κ1) is 19.8. The van der Waals surface area contributed by atoms with Crippen molar-refractivity contribution in [1.82, 2.24) is 15.5 Å². The van der Waals surface area contributed by atoms with E-state index in [1.54, 1.807) is 6.08 Å². The van der Waals surface area contributed by atoms with Gasteiger partial charge in [-0.25, -0.2) is 4.79 Å². The molecule has 7 atom stereocenters. The average Bonchev–Trinajstić information content (AvgIpc) is 3.00. The Kier molecular flexibility index (Phi) is 4.99. The summed E-state index contributed by atoms with van der Waals surface area (Å²) >= 11 is 0. The standard InChI is InChI=1S/C23H37N3O2/c1-5-14-24-21(28)25-18-8-7-16-15-6-9-19-23(3,13-11-20(27)26(19)4)17(15)10-12-22(16,18)2/h5,15-19H,1,6-14H2,2-4H3,(H2,24,25,28)/t15-,16-,17+,18?,19?,22-,23+/m0/s1. The summed E-state index contributed by atoms with van der Waals surface area (Å²) in [5.41, 5.74) is 0.464. The number of rotatable bonds is 3. The summed E-state index contributed by atoms with van der Waals surface area (Å²) in [6, 6.07) is 0.626. The number of fused-ring (bicyclic) bond motifs is 5. The molecule has 0 spiro atoms. The number of hydrogen-bond acceptors (Lipinski definition) is 2. The molecule has 1 saturated heterocycles. The highest BCUT2D eigenvalue weighted by atomic mass is 16.2. The van der Waals surface area contributed by atoms with Gasteiger partial charge in [0.15, 0.2) is 0 Å². The summed E-state index contributed by atoms with van der Waals surface area (Å²) in [5.74, 6) is 2.48. The number of amides is 3. The maximum absolute atomic E-state index is 12.3. The van der Waals surface area contributed by atoms with Gasteiger partial charge in [-0.2, -0.15) is 0 Å². The van der Waals surface area contributed by atoms with Crippen LogP contribution in [0.5, 0.6) is 0 Å². The van der Waals surface area contributed by atoms with Crippen LogP contribution in [-0.2, 0) is 4.79 Å². The average molecular weight is 388 g/mol. The second-order valence-electron chi connectivity index (χ2n) is 10.3. The first-order valence-corrected chi connectivity index (χ1v) is 11.2. The maximum atomic E-state index is 12.3. The van der Waals surface area contributed by atoms with Crippen molar-refractivity contribution in [1.29, 1.82) is 0 Å². The fraction of sp³-hybridized carbons (Fsp3) is 0.826. The summed E-state index contributed by atoms with van der Waals surface area (Å²) in [4.78, 5) is 26.6. The van der Waals surface area contributed by atoms with Crippen molar-refractivity contribution in [3.8, 4) is 0 Å². The molecule has 5 heteroatoms. The molecule has 0 radical (unpaired) electrons. The number of carbonyl (C=O) groups is 2. The number of nitrogens with one attached hydrogen (secondary N) is 2. The first-order chi connectivity index (χ1) is 13.3. The normalized spacial score (nSPS) is 44.9. The van der Waals surface area contributed by atoms with E-state index in [0.29, 0.717) is 36.8 Å². The molecule has 1 aliphatic heterocycles. The van der Waals surface area contributed by atoms with Crippen LogP contribution in [0, 0.1) is 28.6 Å². The highest BCUT2D eigenvalue weighted by Crippen LogP contribution is 2.64. The van der Waals surface area contributed by atoms with Crippen LogP contribution in [-0.4, -0.2) is 42.5 Å². The van der Waals surface area contributed by atoms with Gasteiger partial charge in [-0.1, -0.05) is 19.9 Å². The van der Waals surface area contributed by atoms with E-state index in [0.717, 1.165) is 25.2 Å². The van der Waals surface area contributed by atoms with Crippen molar-refractivity contribution in [3.05, 3.63) is 12.7 Å². The van der Waals surface area contributed by atoms with E-state index in [1.165, 1.54) is 25.7 Å². The number of urea groups is 1. The lowest BCUT2D eigenvalue weighted by Gasteiger charge is -2.61. The molecule has 3 aliphatic carbocycles. The Bertz CT molecular complexity index is 664. The van der Waals surface area contributed by atoms with Crippen molar-refractivity contribution in [3.63, 3.8) is 0 Å². The Hall–Kier alpha value is -1.52. The highest BCUT2D eigenvalue weighted by molar-refractivity contribution is 5.77. The summed E-state index contributed by atoms with van der Waals surface area (Å²) in [6.07, 6.45) is 10.6. The Morgan fingerprint density at radius 3 is 2.64 bits per heavy atom. The van der Waals surface area contributed by atoms with Crippen LogP contribution < -0.4 is 10.6 Å². The minimum Gasteiger partial charge on any atom is -0.342 e. The van der Waals surface area contributed by atoms with Gasteiger partial charge in [-0.05, 0) is 73.5 Å². The van der Waals surface area contributed by atoms with Crippen LogP contribution in [0.15, 0.2) is 12.7 Å². The highest BCUT2D eigenvalue weighted by Gasteiger charge is 2.61. The van der Waals surface area contributed by atoms with Crippen molar-refractivity contribution in [2.45, 2.75) is 77.3 Å². The van der Waals surface area contributed by atoms with Crippen LogP contribution in [0.3, 0.4) is 0 Å². The third kappa shape index (κ3) is 2.88. The molecule has 156 valence electrons. The van der Waals surface area contributed by atoms with E-state index in [4.69, 9.17) is 0 Å². The van der Waals surface area contributed by atoms with Gasteiger partial charge in [0.05, 0.1) is 0 Å². The largest absolute Gasteiger partial charge is 0.342 e. The van der Waals surface area contributed by atoms with E-state index in [-0.39, 0.29) is 22.9 Å². The molecule has 0 aromatic carbocycles. The SMILES string of the molecule is C=CCNC(=O)NC1CC[C@H]2[C@@H]3CCC4N(C)C(=O)CC[C@]4(C)[C@@H]3CC[C@]12C. The minimum absolute atomic E-state index is 0.0583. The molecule has 4 aliphatic rings. The Labute approximate surface area is 169 Å². The van der Waals surface area contributed by atoms with Gasteiger partial charge in [-0.3, -0.25) is 4.79 Å². The number of hydrogen-bond donors (Lipinski definition) is 2. The van der Waals surface area contributed by atoms with Gasteiger partial charge in [0.25, 0.3) is 0 Å². The van der Waals surface area contributed by atoms with Crippen molar-refractivity contribution >= 4 is 11.9 Å². The van der Waals surface area contributed by atoms with E-state index in [9.17, 15) is 9.59 Å². The zero-order valence-corrected chi connectivity index (χ0v) is 17.8. The molecule has 5 nitrogen and oxygen atoms in total. The maximum Gasteiger partial charge on any atom is 0.315 e. The number of likely N-dealkylation sites (tertiary alicyclic amines) is 1. The monoisotopic (exact) mass is 387 g/mol. The van der Waals surface area contributed by atoms with E-state index >= 15 is 0 Å². The van der Waals surface area contributed by atoms with Crippen LogP contribution in [0.2, 0.25) is 0 Å².